The van der Waals surface area contributed by atoms with E-state index in [0.29, 0.717) is 12.3 Å². The maximum atomic E-state index is 5.86. The molecule has 0 bridgehead atoms. The molecule has 0 spiro atoms. The third-order valence-electron chi connectivity index (χ3n) is 2.47. The second kappa shape index (κ2) is 4.71. The molecule has 2 heteroatoms. The zero-order valence-electron chi connectivity index (χ0n) is 9.31. The lowest BCUT2D eigenvalue weighted by atomic mass is 10.2. The highest BCUT2D eigenvalue weighted by atomic mass is 16.5. The van der Waals surface area contributed by atoms with Gasteiger partial charge in [0.2, 0.25) is 0 Å². The summed E-state index contributed by atoms with van der Waals surface area (Å²) < 4.78 is 5.73. The van der Waals surface area contributed by atoms with Gasteiger partial charge in [0.25, 0.3) is 0 Å². The second-order valence-corrected chi connectivity index (χ2v) is 3.77. The normalized spacial score (nSPS) is 10.1. The first kappa shape index (κ1) is 10.6. The first-order valence-electron chi connectivity index (χ1n) is 5.29. The van der Waals surface area contributed by atoms with E-state index in [1.165, 1.54) is 0 Å². The third-order valence-corrected chi connectivity index (χ3v) is 2.47. The molecule has 0 heterocycles. The van der Waals surface area contributed by atoms with Gasteiger partial charge in [0.05, 0.1) is 5.69 Å². The molecule has 0 amide bonds. The number of para-hydroxylation sites is 1. The van der Waals surface area contributed by atoms with E-state index in [4.69, 9.17) is 10.5 Å². The number of aryl methyl sites for hydroxylation is 1. The zero-order valence-corrected chi connectivity index (χ0v) is 9.31. The second-order valence-electron chi connectivity index (χ2n) is 3.77. The Labute approximate surface area is 95.7 Å². The van der Waals surface area contributed by atoms with Crippen molar-refractivity contribution in [1.82, 2.24) is 0 Å². The Balaban J connectivity index is 2.11. The van der Waals surface area contributed by atoms with Gasteiger partial charge in [-0.2, -0.15) is 0 Å². The summed E-state index contributed by atoms with van der Waals surface area (Å²) in [5.74, 6) is 0.784. The number of ether oxygens (including phenoxy) is 1. The molecule has 0 saturated carbocycles. The van der Waals surface area contributed by atoms with Crippen LogP contribution in [0.25, 0.3) is 0 Å². The molecule has 16 heavy (non-hydrogen) atoms. The quantitative estimate of drug-likeness (QED) is 0.795. The lowest BCUT2D eigenvalue weighted by molar-refractivity contribution is 0.306. The predicted octanol–water partition coefficient (Wildman–Crippen LogP) is 3.16. The molecule has 0 aliphatic rings. The van der Waals surface area contributed by atoms with E-state index in [1.54, 1.807) is 0 Å². The van der Waals surface area contributed by atoms with Gasteiger partial charge in [0, 0.05) is 0 Å². The molecule has 2 aromatic rings. The van der Waals surface area contributed by atoms with Crippen LogP contribution in [0.4, 0.5) is 5.69 Å². The average Bonchev–Trinajstić information content (AvgIpc) is 2.30. The molecule has 2 rings (SSSR count). The first-order valence-corrected chi connectivity index (χ1v) is 5.29. The molecule has 0 fully saturated rings. The third kappa shape index (κ3) is 2.34. The van der Waals surface area contributed by atoms with Crippen LogP contribution in [0.5, 0.6) is 5.75 Å². The molecule has 0 aliphatic heterocycles. The molecule has 0 radical (unpaired) electrons. The van der Waals surface area contributed by atoms with Crippen molar-refractivity contribution in [3.05, 3.63) is 59.7 Å². The van der Waals surface area contributed by atoms with Crippen LogP contribution in [0, 0.1) is 6.92 Å². The summed E-state index contributed by atoms with van der Waals surface area (Å²) in [6.45, 7) is 2.55. The molecular formula is C14H15NO. The minimum Gasteiger partial charge on any atom is -0.486 e. The summed E-state index contributed by atoms with van der Waals surface area (Å²) >= 11 is 0. The van der Waals surface area contributed by atoms with Gasteiger partial charge in [0.15, 0.2) is 0 Å². The summed E-state index contributed by atoms with van der Waals surface area (Å²) in [4.78, 5) is 0. The minimum absolute atomic E-state index is 0.551. The predicted molar refractivity (Wildman–Crippen MR) is 66.4 cm³/mol. The fraction of sp³-hybridized carbons (Fsp3) is 0.143. The monoisotopic (exact) mass is 213 g/mol. The van der Waals surface area contributed by atoms with E-state index in [1.807, 2.05) is 55.5 Å². The van der Waals surface area contributed by atoms with Crippen molar-refractivity contribution in [2.75, 3.05) is 5.73 Å². The molecular weight excluding hydrogens is 198 g/mol. The van der Waals surface area contributed by atoms with Gasteiger partial charge in [-0.3, -0.25) is 0 Å². The van der Waals surface area contributed by atoms with Gasteiger partial charge in [0.1, 0.15) is 12.4 Å². The van der Waals surface area contributed by atoms with Crippen LogP contribution >= 0.6 is 0 Å². The number of rotatable bonds is 3. The van der Waals surface area contributed by atoms with Gasteiger partial charge in [-0.15, -0.1) is 0 Å². The molecule has 2 aromatic carbocycles. The largest absolute Gasteiger partial charge is 0.486 e. The number of nitrogens with two attached hydrogens (primary N) is 1. The summed E-state index contributed by atoms with van der Waals surface area (Å²) in [6.07, 6.45) is 0. The van der Waals surface area contributed by atoms with E-state index in [9.17, 15) is 0 Å². The van der Waals surface area contributed by atoms with Gasteiger partial charge < -0.3 is 10.5 Å². The molecule has 0 aromatic heterocycles. The van der Waals surface area contributed by atoms with E-state index in [0.717, 1.165) is 16.9 Å². The van der Waals surface area contributed by atoms with Crippen molar-refractivity contribution in [1.29, 1.82) is 0 Å². The van der Waals surface area contributed by atoms with Gasteiger partial charge in [-0.1, -0.05) is 42.5 Å². The summed E-state index contributed by atoms with van der Waals surface area (Å²) in [5, 5.41) is 0. The number of anilines is 1. The minimum atomic E-state index is 0.551. The SMILES string of the molecule is Cc1cccc(N)c1OCc1ccccc1. The van der Waals surface area contributed by atoms with E-state index >= 15 is 0 Å². The fourth-order valence-electron chi connectivity index (χ4n) is 1.60. The van der Waals surface area contributed by atoms with Crippen molar-refractivity contribution in [3.8, 4) is 5.75 Å². The molecule has 0 atom stereocenters. The molecule has 0 aliphatic carbocycles. The van der Waals surface area contributed by atoms with Crippen LogP contribution in [-0.2, 0) is 6.61 Å². The summed E-state index contributed by atoms with van der Waals surface area (Å²) in [6, 6.07) is 15.8. The lowest BCUT2D eigenvalue weighted by Crippen LogP contribution is -2.00. The van der Waals surface area contributed by atoms with E-state index in [2.05, 4.69) is 0 Å². The Morgan fingerprint density at radius 1 is 1.00 bits per heavy atom. The first-order chi connectivity index (χ1) is 7.77. The smallest absolute Gasteiger partial charge is 0.145 e. The number of hydrogen-bond donors (Lipinski definition) is 1. The van der Waals surface area contributed by atoms with Crippen LogP contribution in [0.2, 0.25) is 0 Å². The van der Waals surface area contributed by atoms with Crippen molar-refractivity contribution >= 4 is 5.69 Å². The molecule has 0 unspecified atom stereocenters. The average molecular weight is 213 g/mol. The van der Waals surface area contributed by atoms with E-state index in [-0.39, 0.29) is 0 Å². The number of nitrogen functional groups attached to an aromatic ring is 1. The van der Waals surface area contributed by atoms with Crippen molar-refractivity contribution in [3.63, 3.8) is 0 Å². The number of hydrogen-bond acceptors (Lipinski definition) is 2. The Hall–Kier alpha value is -1.96. The van der Waals surface area contributed by atoms with Crippen LogP contribution in [-0.4, -0.2) is 0 Å². The fourth-order valence-corrected chi connectivity index (χ4v) is 1.60. The maximum absolute atomic E-state index is 5.86. The van der Waals surface area contributed by atoms with Crippen molar-refractivity contribution in [2.45, 2.75) is 13.5 Å². The van der Waals surface area contributed by atoms with Crippen molar-refractivity contribution < 1.29 is 4.74 Å². The molecule has 2 N–H and O–H groups in total. The Kier molecular flexibility index (Phi) is 3.10. The van der Waals surface area contributed by atoms with Crippen molar-refractivity contribution in [2.24, 2.45) is 0 Å². The molecule has 2 nitrogen and oxygen atoms in total. The molecule has 82 valence electrons. The molecule has 0 saturated heterocycles. The van der Waals surface area contributed by atoms with Crippen LogP contribution in [0.3, 0.4) is 0 Å². The highest BCUT2D eigenvalue weighted by Crippen LogP contribution is 2.26. The Morgan fingerprint density at radius 3 is 2.44 bits per heavy atom. The topological polar surface area (TPSA) is 35.2 Å². The van der Waals surface area contributed by atoms with E-state index < -0.39 is 0 Å². The van der Waals surface area contributed by atoms with Gasteiger partial charge in [-0.25, -0.2) is 0 Å². The highest BCUT2D eigenvalue weighted by molar-refractivity contribution is 5.56. The summed E-state index contributed by atoms with van der Waals surface area (Å²) in [7, 11) is 0. The maximum Gasteiger partial charge on any atom is 0.145 e. The Bertz CT molecular complexity index is 445. The highest BCUT2D eigenvalue weighted by Gasteiger charge is 2.03. The van der Waals surface area contributed by atoms with Gasteiger partial charge >= 0.3 is 0 Å². The van der Waals surface area contributed by atoms with Gasteiger partial charge in [-0.05, 0) is 24.1 Å². The standard InChI is InChI=1S/C14H15NO/c1-11-6-5-9-13(15)14(11)16-10-12-7-3-2-4-8-12/h2-9H,10,15H2,1H3. The van der Waals surface area contributed by atoms with Crippen LogP contribution in [0.1, 0.15) is 11.1 Å². The number of benzene rings is 2. The lowest BCUT2D eigenvalue weighted by Gasteiger charge is -2.11. The van der Waals surface area contributed by atoms with Crippen LogP contribution < -0.4 is 10.5 Å². The van der Waals surface area contributed by atoms with Crippen LogP contribution in [0.15, 0.2) is 48.5 Å². The Morgan fingerprint density at radius 2 is 1.75 bits per heavy atom. The summed E-state index contributed by atoms with van der Waals surface area (Å²) in [5.41, 5.74) is 8.76. The zero-order chi connectivity index (χ0) is 11.4.